The molecule has 5 heteroatoms. The first kappa shape index (κ1) is 18.0. The Bertz CT molecular complexity index is 536. The number of hydrogen-bond acceptors (Lipinski definition) is 2. The third-order valence-corrected chi connectivity index (χ3v) is 4.94. The molecule has 0 bridgehead atoms. The van der Waals surface area contributed by atoms with E-state index in [1.54, 1.807) is 0 Å². The van der Waals surface area contributed by atoms with Crippen molar-refractivity contribution in [1.29, 1.82) is 0 Å². The molecule has 0 radical (unpaired) electrons. The first-order valence-electron chi connectivity index (χ1n) is 8.35. The van der Waals surface area contributed by atoms with Gasteiger partial charge in [0.25, 0.3) is 0 Å². The van der Waals surface area contributed by atoms with Crippen LogP contribution in [0.1, 0.15) is 51.1 Å². The van der Waals surface area contributed by atoms with Gasteiger partial charge in [0.2, 0.25) is 11.8 Å². The smallest absolute Gasteiger partial charge is 0.223 e. The molecule has 4 nitrogen and oxygen atoms in total. The second-order valence-corrected chi connectivity index (χ2v) is 7.10. The molecule has 0 saturated carbocycles. The highest BCUT2D eigenvalue weighted by Crippen LogP contribution is 2.21. The van der Waals surface area contributed by atoms with Gasteiger partial charge in [0.15, 0.2) is 0 Å². The summed E-state index contributed by atoms with van der Waals surface area (Å²) in [6, 6.07) is 7.99. The fraction of sp³-hybridized carbons (Fsp3) is 0.556. The minimum atomic E-state index is -0.00430. The number of halogens is 1. The first-order valence-corrected chi connectivity index (χ1v) is 9.14. The maximum absolute atomic E-state index is 12.4. The molecular weight excluding hydrogens is 356 g/mol. The van der Waals surface area contributed by atoms with Crippen LogP contribution in [0.3, 0.4) is 0 Å². The average molecular weight is 381 g/mol. The summed E-state index contributed by atoms with van der Waals surface area (Å²) in [6.07, 6.45) is 3.00. The Morgan fingerprint density at radius 3 is 2.43 bits per heavy atom. The Balaban J connectivity index is 1.83. The molecule has 0 spiro atoms. The number of amides is 2. The van der Waals surface area contributed by atoms with Gasteiger partial charge in [0.05, 0.1) is 6.04 Å². The molecular formula is C18H25BrN2O2. The summed E-state index contributed by atoms with van der Waals surface area (Å²) in [7, 11) is 0. The van der Waals surface area contributed by atoms with E-state index < -0.39 is 0 Å². The van der Waals surface area contributed by atoms with Crippen LogP contribution in [0.25, 0.3) is 0 Å². The number of carbonyl (C=O) groups excluding carboxylic acids is 2. The van der Waals surface area contributed by atoms with E-state index in [1.165, 1.54) is 0 Å². The standard InChI is InChI=1S/C18H25BrN2O2/c1-3-4-17(22)21-11-9-15(10-12-21)18(23)20-13(2)14-5-7-16(19)8-6-14/h5-8,13,15H,3-4,9-12H2,1-2H3,(H,20,23). The van der Waals surface area contributed by atoms with Crippen LogP contribution in [0.5, 0.6) is 0 Å². The molecule has 1 unspecified atom stereocenters. The highest BCUT2D eigenvalue weighted by atomic mass is 79.9. The molecule has 1 aromatic rings. The summed E-state index contributed by atoms with van der Waals surface area (Å²) in [6.45, 7) is 5.41. The van der Waals surface area contributed by atoms with Gasteiger partial charge in [-0.05, 0) is 43.9 Å². The predicted molar refractivity (Wildman–Crippen MR) is 94.9 cm³/mol. The van der Waals surface area contributed by atoms with Crippen molar-refractivity contribution in [3.05, 3.63) is 34.3 Å². The second-order valence-electron chi connectivity index (χ2n) is 6.19. The Morgan fingerprint density at radius 2 is 1.87 bits per heavy atom. The second kappa shape index (κ2) is 8.48. The lowest BCUT2D eigenvalue weighted by atomic mass is 9.95. The van der Waals surface area contributed by atoms with Gasteiger partial charge in [-0.3, -0.25) is 9.59 Å². The molecule has 2 rings (SSSR count). The summed E-state index contributed by atoms with van der Waals surface area (Å²) in [5.74, 6) is 0.330. The summed E-state index contributed by atoms with van der Waals surface area (Å²) in [5, 5.41) is 3.10. The lowest BCUT2D eigenvalue weighted by molar-refractivity contribution is -0.135. The zero-order valence-corrected chi connectivity index (χ0v) is 15.4. The van der Waals surface area contributed by atoms with E-state index in [9.17, 15) is 9.59 Å². The summed E-state index contributed by atoms with van der Waals surface area (Å²) < 4.78 is 1.03. The molecule has 0 aromatic heterocycles. The quantitative estimate of drug-likeness (QED) is 0.846. The highest BCUT2D eigenvalue weighted by molar-refractivity contribution is 9.10. The molecule has 2 amide bonds. The van der Waals surface area contributed by atoms with Crippen LogP contribution < -0.4 is 5.32 Å². The maximum Gasteiger partial charge on any atom is 0.223 e. The van der Waals surface area contributed by atoms with Crippen molar-refractivity contribution in [2.24, 2.45) is 5.92 Å². The molecule has 1 atom stereocenters. The minimum absolute atomic E-state index is 0.00430. The summed E-state index contributed by atoms with van der Waals surface area (Å²) in [4.78, 5) is 26.2. The SMILES string of the molecule is CCCC(=O)N1CCC(C(=O)NC(C)c2ccc(Br)cc2)CC1. The van der Waals surface area contributed by atoms with Crippen LogP contribution >= 0.6 is 15.9 Å². The van der Waals surface area contributed by atoms with E-state index in [-0.39, 0.29) is 23.8 Å². The number of nitrogens with one attached hydrogen (secondary N) is 1. The normalized spacial score (nSPS) is 16.9. The van der Waals surface area contributed by atoms with Gasteiger partial charge in [0, 0.05) is 29.9 Å². The number of benzene rings is 1. The molecule has 1 aromatic carbocycles. The van der Waals surface area contributed by atoms with Crippen LogP contribution in [0.2, 0.25) is 0 Å². The van der Waals surface area contributed by atoms with E-state index in [4.69, 9.17) is 0 Å². The number of piperidine rings is 1. The zero-order chi connectivity index (χ0) is 16.8. The largest absolute Gasteiger partial charge is 0.349 e. The Hall–Kier alpha value is -1.36. The molecule has 1 saturated heterocycles. The van der Waals surface area contributed by atoms with Crippen molar-refractivity contribution < 1.29 is 9.59 Å². The first-order chi connectivity index (χ1) is 11.0. The van der Waals surface area contributed by atoms with Gasteiger partial charge < -0.3 is 10.2 Å². The van der Waals surface area contributed by atoms with Crippen molar-refractivity contribution in [1.82, 2.24) is 10.2 Å². The van der Waals surface area contributed by atoms with Crippen molar-refractivity contribution in [3.63, 3.8) is 0 Å². The van der Waals surface area contributed by atoms with E-state index >= 15 is 0 Å². The predicted octanol–water partition coefficient (Wildman–Crippen LogP) is 3.67. The molecule has 1 aliphatic heterocycles. The van der Waals surface area contributed by atoms with E-state index in [0.717, 1.165) is 29.3 Å². The van der Waals surface area contributed by atoms with Crippen LogP contribution in [0, 0.1) is 5.92 Å². The van der Waals surface area contributed by atoms with Crippen molar-refractivity contribution >= 4 is 27.7 Å². The van der Waals surface area contributed by atoms with Gasteiger partial charge in [-0.1, -0.05) is 35.0 Å². The van der Waals surface area contributed by atoms with Crippen molar-refractivity contribution in [2.45, 2.75) is 45.6 Å². The molecule has 1 aliphatic rings. The molecule has 126 valence electrons. The number of rotatable bonds is 5. The number of carbonyl (C=O) groups is 2. The third-order valence-electron chi connectivity index (χ3n) is 4.41. The molecule has 1 heterocycles. The third kappa shape index (κ3) is 5.06. The van der Waals surface area contributed by atoms with Crippen LogP contribution in [0.15, 0.2) is 28.7 Å². The number of likely N-dealkylation sites (tertiary alicyclic amines) is 1. The van der Waals surface area contributed by atoms with Gasteiger partial charge in [-0.2, -0.15) is 0 Å². The van der Waals surface area contributed by atoms with E-state index in [1.807, 2.05) is 43.0 Å². The fourth-order valence-electron chi connectivity index (χ4n) is 2.93. The van der Waals surface area contributed by atoms with E-state index in [0.29, 0.717) is 19.5 Å². The van der Waals surface area contributed by atoms with Crippen LogP contribution in [-0.4, -0.2) is 29.8 Å². The Kier molecular flexibility index (Phi) is 6.63. The number of hydrogen-bond donors (Lipinski definition) is 1. The van der Waals surface area contributed by atoms with Gasteiger partial charge in [-0.15, -0.1) is 0 Å². The lowest BCUT2D eigenvalue weighted by Gasteiger charge is -2.32. The van der Waals surface area contributed by atoms with E-state index in [2.05, 4.69) is 21.2 Å². The van der Waals surface area contributed by atoms with Crippen LogP contribution in [-0.2, 0) is 9.59 Å². The molecule has 1 fully saturated rings. The van der Waals surface area contributed by atoms with Crippen LogP contribution in [0.4, 0.5) is 0 Å². The fourth-order valence-corrected chi connectivity index (χ4v) is 3.19. The lowest BCUT2D eigenvalue weighted by Crippen LogP contribution is -2.43. The maximum atomic E-state index is 12.4. The zero-order valence-electron chi connectivity index (χ0n) is 13.8. The van der Waals surface area contributed by atoms with Crippen molar-refractivity contribution in [3.8, 4) is 0 Å². The summed E-state index contributed by atoms with van der Waals surface area (Å²) >= 11 is 3.42. The monoisotopic (exact) mass is 380 g/mol. The number of nitrogens with zero attached hydrogens (tertiary/aromatic N) is 1. The topological polar surface area (TPSA) is 49.4 Å². The summed E-state index contributed by atoms with van der Waals surface area (Å²) in [5.41, 5.74) is 1.09. The highest BCUT2D eigenvalue weighted by Gasteiger charge is 2.27. The molecule has 0 aliphatic carbocycles. The Morgan fingerprint density at radius 1 is 1.26 bits per heavy atom. The van der Waals surface area contributed by atoms with Crippen molar-refractivity contribution in [2.75, 3.05) is 13.1 Å². The molecule has 1 N–H and O–H groups in total. The molecule has 23 heavy (non-hydrogen) atoms. The van der Waals surface area contributed by atoms with Gasteiger partial charge in [-0.25, -0.2) is 0 Å². The average Bonchev–Trinajstić information content (AvgIpc) is 2.55. The minimum Gasteiger partial charge on any atom is -0.349 e. The Labute approximate surface area is 146 Å². The van der Waals surface area contributed by atoms with Gasteiger partial charge >= 0.3 is 0 Å². The van der Waals surface area contributed by atoms with Gasteiger partial charge in [0.1, 0.15) is 0 Å².